The number of hydrogen-bond acceptors (Lipinski definition) is 9. The number of thiazole rings is 1. The van der Waals surface area contributed by atoms with Gasteiger partial charge < -0.3 is 14.6 Å². The molecule has 0 saturated carbocycles. The van der Waals surface area contributed by atoms with Crippen molar-refractivity contribution in [2.75, 3.05) is 12.0 Å². The minimum Gasteiger partial charge on any atom is -0.507 e. The molecule has 198 valence electrons. The molecule has 1 saturated heterocycles. The van der Waals surface area contributed by atoms with Crippen molar-refractivity contribution in [1.82, 2.24) is 4.98 Å². The molecule has 1 amide bonds. The van der Waals surface area contributed by atoms with E-state index in [0.717, 1.165) is 22.5 Å². The molecule has 5 rings (SSSR count). The Bertz CT molecular complexity index is 1590. The van der Waals surface area contributed by atoms with E-state index in [1.807, 2.05) is 36.6 Å². The van der Waals surface area contributed by atoms with Gasteiger partial charge in [0.2, 0.25) is 0 Å². The fraction of sp³-hybridized carbons (Fsp3) is 0.172. The number of carbonyl (C=O) groups is 3. The molecular formula is C29H24N2O6S2. The number of amides is 1. The lowest BCUT2D eigenvalue weighted by Gasteiger charge is -2.21. The third-order valence-electron chi connectivity index (χ3n) is 6.24. The molecule has 1 fully saturated rings. The number of hydrogen-bond donors (Lipinski definition) is 1. The summed E-state index contributed by atoms with van der Waals surface area (Å²) in [4.78, 5) is 45.3. The number of ether oxygens (including phenoxy) is 2. The zero-order valence-corrected chi connectivity index (χ0v) is 23.0. The molecule has 0 spiro atoms. The Labute approximate surface area is 232 Å². The van der Waals surface area contributed by atoms with Crippen LogP contribution in [0.1, 0.15) is 43.0 Å². The van der Waals surface area contributed by atoms with Gasteiger partial charge in [-0.3, -0.25) is 14.5 Å². The fourth-order valence-electron chi connectivity index (χ4n) is 4.35. The van der Waals surface area contributed by atoms with Gasteiger partial charge in [0.1, 0.15) is 29.0 Å². The van der Waals surface area contributed by atoms with Crippen molar-refractivity contribution in [2.45, 2.75) is 26.5 Å². The van der Waals surface area contributed by atoms with Gasteiger partial charge in [-0.1, -0.05) is 47.2 Å². The average Bonchev–Trinajstić information content (AvgIpc) is 3.66. The number of aliphatic hydroxyl groups is 1. The Morgan fingerprint density at radius 3 is 2.51 bits per heavy atom. The first-order chi connectivity index (χ1) is 18.8. The zero-order valence-electron chi connectivity index (χ0n) is 21.3. The van der Waals surface area contributed by atoms with Crippen LogP contribution in [0.4, 0.5) is 5.13 Å². The highest BCUT2D eigenvalue weighted by molar-refractivity contribution is 7.18. The van der Waals surface area contributed by atoms with Gasteiger partial charge in [0.05, 0.1) is 18.4 Å². The van der Waals surface area contributed by atoms with Gasteiger partial charge in [0.25, 0.3) is 5.78 Å². The van der Waals surface area contributed by atoms with E-state index in [-0.39, 0.29) is 21.3 Å². The first-order valence-corrected chi connectivity index (χ1v) is 13.7. The monoisotopic (exact) mass is 560 g/mol. The van der Waals surface area contributed by atoms with Gasteiger partial charge in [-0.05, 0) is 55.1 Å². The first-order valence-electron chi connectivity index (χ1n) is 12.0. The molecule has 1 N–H and O–H groups in total. The van der Waals surface area contributed by atoms with E-state index < -0.39 is 23.7 Å². The maximum atomic E-state index is 13.3. The number of rotatable bonds is 7. The molecule has 2 aromatic heterocycles. The summed E-state index contributed by atoms with van der Waals surface area (Å²) in [5.41, 5.74) is 2.87. The second-order valence-electron chi connectivity index (χ2n) is 8.89. The van der Waals surface area contributed by atoms with E-state index in [2.05, 4.69) is 4.98 Å². The third-order valence-corrected chi connectivity index (χ3v) is 8.30. The highest BCUT2D eigenvalue weighted by atomic mass is 32.1. The Morgan fingerprint density at radius 2 is 1.85 bits per heavy atom. The number of thiophene rings is 1. The third kappa shape index (κ3) is 5.08. The van der Waals surface area contributed by atoms with Gasteiger partial charge >= 0.3 is 11.9 Å². The maximum Gasteiger partial charge on any atom is 0.350 e. The number of anilines is 1. The molecule has 39 heavy (non-hydrogen) atoms. The Kier molecular flexibility index (Phi) is 7.32. The Hall–Kier alpha value is -4.28. The number of aryl methyl sites for hydroxylation is 2. The number of Topliss-reactive ketones (excluding diaryl/α,β-unsaturated/α-hetero) is 1. The van der Waals surface area contributed by atoms with Crippen molar-refractivity contribution in [3.63, 3.8) is 0 Å². The number of benzene rings is 2. The molecule has 4 aromatic rings. The van der Waals surface area contributed by atoms with Crippen LogP contribution >= 0.6 is 22.7 Å². The number of nitrogens with zero attached hydrogens (tertiary/aromatic N) is 2. The summed E-state index contributed by atoms with van der Waals surface area (Å²) in [6.07, 6.45) is 0. The molecule has 1 aliphatic rings. The van der Waals surface area contributed by atoms with Crippen molar-refractivity contribution in [3.05, 3.63) is 104 Å². The smallest absolute Gasteiger partial charge is 0.350 e. The minimum absolute atomic E-state index is 0.0525. The van der Waals surface area contributed by atoms with Crippen molar-refractivity contribution >= 4 is 51.2 Å². The van der Waals surface area contributed by atoms with Gasteiger partial charge in [-0.15, -0.1) is 11.3 Å². The number of methoxy groups -OCH3 is 1. The summed E-state index contributed by atoms with van der Waals surface area (Å²) in [7, 11) is 1.26. The molecule has 10 heteroatoms. The molecule has 0 aliphatic carbocycles. The molecular weight excluding hydrogens is 536 g/mol. The van der Waals surface area contributed by atoms with Gasteiger partial charge in [-0.25, -0.2) is 9.78 Å². The summed E-state index contributed by atoms with van der Waals surface area (Å²) in [6, 6.07) is 17.4. The summed E-state index contributed by atoms with van der Waals surface area (Å²) in [5.74, 6) is -1.96. The van der Waals surface area contributed by atoms with E-state index in [9.17, 15) is 19.5 Å². The van der Waals surface area contributed by atoms with Crippen molar-refractivity contribution in [3.8, 4) is 5.75 Å². The van der Waals surface area contributed by atoms with E-state index in [4.69, 9.17) is 9.47 Å². The summed E-state index contributed by atoms with van der Waals surface area (Å²) in [5, 5.41) is 13.3. The van der Waals surface area contributed by atoms with Crippen LogP contribution in [0.15, 0.2) is 71.6 Å². The summed E-state index contributed by atoms with van der Waals surface area (Å²) < 4.78 is 10.7. The van der Waals surface area contributed by atoms with E-state index in [0.29, 0.717) is 28.5 Å². The molecule has 3 heterocycles. The zero-order chi connectivity index (χ0) is 27.7. The highest BCUT2D eigenvalue weighted by Crippen LogP contribution is 2.45. The van der Waals surface area contributed by atoms with Crippen LogP contribution in [0.3, 0.4) is 0 Å². The lowest BCUT2D eigenvalue weighted by Crippen LogP contribution is -2.29. The second-order valence-corrected chi connectivity index (χ2v) is 10.8. The number of ketones is 1. The van der Waals surface area contributed by atoms with Crippen LogP contribution < -0.4 is 9.64 Å². The molecule has 0 unspecified atom stereocenters. The summed E-state index contributed by atoms with van der Waals surface area (Å²) in [6.45, 7) is 4.03. The predicted molar refractivity (Wildman–Crippen MR) is 149 cm³/mol. The van der Waals surface area contributed by atoms with Crippen molar-refractivity contribution in [1.29, 1.82) is 0 Å². The molecule has 0 bridgehead atoms. The number of esters is 1. The molecule has 1 aliphatic heterocycles. The lowest BCUT2D eigenvalue weighted by atomic mass is 10.00. The lowest BCUT2D eigenvalue weighted by molar-refractivity contribution is -0.132. The Morgan fingerprint density at radius 1 is 1.08 bits per heavy atom. The molecule has 8 nitrogen and oxygen atoms in total. The van der Waals surface area contributed by atoms with Crippen LogP contribution in [0.25, 0.3) is 5.76 Å². The topological polar surface area (TPSA) is 106 Å². The summed E-state index contributed by atoms with van der Waals surface area (Å²) >= 11 is 2.31. The van der Waals surface area contributed by atoms with Gasteiger partial charge in [0, 0.05) is 10.4 Å². The quantitative estimate of drug-likeness (QED) is 0.132. The van der Waals surface area contributed by atoms with Crippen LogP contribution in [0.5, 0.6) is 5.75 Å². The molecule has 2 aromatic carbocycles. The van der Waals surface area contributed by atoms with Crippen LogP contribution in [0, 0.1) is 13.8 Å². The van der Waals surface area contributed by atoms with Crippen LogP contribution in [0.2, 0.25) is 0 Å². The van der Waals surface area contributed by atoms with E-state index in [1.54, 1.807) is 43.3 Å². The molecule has 0 radical (unpaired) electrons. The number of carbonyl (C=O) groups excluding carboxylic acids is 3. The standard InChI is InChI=1S/C29H24N2O6S2/c1-16-6-4-7-18(14-16)15-37-20-11-9-19(10-12-20)24(32)22-23(21-8-5-13-38-21)31(27(34)25(22)33)29-30-17(2)26(39-29)28(35)36-3/h4-14,23,32H,15H2,1-3H3/t23-/m1/s1. The maximum absolute atomic E-state index is 13.3. The van der Waals surface area contributed by atoms with Crippen LogP contribution in [-0.4, -0.2) is 34.9 Å². The number of aromatic nitrogens is 1. The normalized spacial score (nSPS) is 16.5. The fourth-order valence-corrected chi connectivity index (χ4v) is 6.18. The van der Waals surface area contributed by atoms with Crippen molar-refractivity contribution < 1.29 is 29.0 Å². The second kappa shape index (κ2) is 10.8. The van der Waals surface area contributed by atoms with E-state index >= 15 is 0 Å². The predicted octanol–water partition coefficient (Wildman–Crippen LogP) is 5.81. The highest BCUT2D eigenvalue weighted by Gasteiger charge is 2.48. The number of aliphatic hydroxyl groups excluding tert-OH is 1. The Balaban J connectivity index is 1.49. The van der Waals surface area contributed by atoms with Gasteiger partial charge in [0.15, 0.2) is 5.13 Å². The molecule has 1 atom stereocenters. The van der Waals surface area contributed by atoms with E-state index in [1.165, 1.54) is 23.3 Å². The van der Waals surface area contributed by atoms with Crippen LogP contribution in [-0.2, 0) is 20.9 Å². The first kappa shape index (κ1) is 26.3. The largest absolute Gasteiger partial charge is 0.507 e. The van der Waals surface area contributed by atoms with Crippen molar-refractivity contribution in [2.24, 2.45) is 0 Å². The SMILES string of the molecule is COC(=O)c1sc(N2C(=O)C(=O)C(=C(O)c3ccc(OCc4cccc(C)c4)cc3)[C@H]2c2cccs2)nc1C. The minimum atomic E-state index is -0.904. The average molecular weight is 561 g/mol. The van der Waals surface area contributed by atoms with Gasteiger partial charge in [-0.2, -0.15) is 0 Å².